The molecule has 0 heterocycles. The minimum atomic E-state index is -0.452. The molecule has 1 saturated carbocycles. The lowest BCUT2D eigenvalue weighted by Crippen LogP contribution is -2.38. The number of hydrogen-bond acceptors (Lipinski definition) is 4. The van der Waals surface area contributed by atoms with Crippen LogP contribution in [0.1, 0.15) is 52.4 Å². The lowest BCUT2D eigenvalue weighted by atomic mass is 9.89. The summed E-state index contributed by atoms with van der Waals surface area (Å²) in [7, 11) is 0. The molecule has 1 aliphatic carbocycles. The molecule has 0 amide bonds. The van der Waals surface area contributed by atoms with Crippen molar-refractivity contribution in [2.75, 3.05) is 19.8 Å². The van der Waals surface area contributed by atoms with Crippen molar-refractivity contribution in [1.82, 2.24) is 5.32 Å². The molecule has 0 aromatic rings. The van der Waals surface area contributed by atoms with Gasteiger partial charge in [0.15, 0.2) is 0 Å². The number of rotatable bonds is 9. The van der Waals surface area contributed by atoms with E-state index in [0.29, 0.717) is 19.3 Å². The standard InChI is InChI=1S/C15H31NO3/c1-3-13(8-9-17)16-10-14(18)11-19-15-6-4-12(2)5-7-15/h12-18H,3-11H2,1-2H3. The Morgan fingerprint density at radius 3 is 2.53 bits per heavy atom. The van der Waals surface area contributed by atoms with Crippen molar-refractivity contribution in [2.45, 2.75) is 70.6 Å². The van der Waals surface area contributed by atoms with Crippen LogP contribution in [0.25, 0.3) is 0 Å². The second-order valence-electron chi connectivity index (χ2n) is 5.89. The number of hydrogen-bond donors (Lipinski definition) is 3. The van der Waals surface area contributed by atoms with Crippen molar-refractivity contribution < 1.29 is 14.9 Å². The van der Waals surface area contributed by atoms with Gasteiger partial charge in [0.25, 0.3) is 0 Å². The van der Waals surface area contributed by atoms with Crippen molar-refractivity contribution in [3.63, 3.8) is 0 Å². The average molecular weight is 273 g/mol. The van der Waals surface area contributed by atoms with Crippen LogP contribution in [0.3, 0.4) is 0 Å². The van der Waals surface area contributed by atoms with Gasteiger partial charge in [0, 0.05) is 19.2 Å². The fourth-order valence-electron chi connectivity index (χ4n) is 2.61. The van der Waals surface area contributed by atoms with E-state index >= 15 is 0 Å². The van der Waals surface area contributed by atoms with Gasteiger partial charge in [-0.05, 0) is 44.4 Å². The van der Waals surface area contributed by atoms with Crippen LogP contribution in [0.2, 0.25) is 0 Å². The summed E-state index contributed by atoms with van der Waals surface area (Å²) in [6.07, 6.45) is 6.34. The van der Waals surface area contributed by atoms with E-state index in [-0.39, 0.29) is 12.6 Å². The van der Waals surface area contributed by atoms with E-state index in [2.05, 4.69) is 19.2 Å². The zero-order valence-corrected chi connectivity index (χ0v) is 12.5. The lowest BCUT2D eigenvalue weighted by Gasteiger charge is -2.27. The van der Waals surface area contributed by atoms with Crippen LogP contribution in [-0.4, -0.2) is 48.2 Å². The van der Waals surface area contributed by atoms with Gasteiger partial charge in [-0.2, -0.15) is 0 Å². The molecular weight excluding hydrogens is 242 g/mol. The Hall–Kier alpha value is -0.160. The molecule has 1 rings (SSSR count). The Labute approximate surface area is 117 Å². The molecule has 4 heteroatoms. The van der Waals surface area contributed by atoms with E-state index in [1.807, 2.05) is 0 Å². The molecule has 4 nitrogen and oxygen atoms in total. The summed E-state index contributed by atoms with van der Waals surface area (Å²) in [6, 6.07) is 0.287. The molecule has 19 heavy (non-hydrogen) atoms. The highest BCUT2D eigenvalue weighted by molar-refractivity contribution is 4.72. The summed E-state index contributed by atoms with van der Waals surface area (Å²) in [4.78, 5) is 0. The zero-order valence-electron chi connectivity index (χ0n) is 12.5. The third kappa shape index (κ3) is 7.25. The first-order valence-electron chi connectivity index (χ1n) is 7.79. The lowest BCUT2D eigenvalue weighted by molar-refractivity contribution is -0.0285. The van der Waals surface area contributed by atoms with Crippen LogP contribution in [0.5, 0.6) is 0 Å². The van der Waals surface area contributed by atoms with Gasteiger partial charge in [0.2, 0.25) is 0 Å². The topological polar surface area (TPSA) is 61.7 Å². The predicted octanol–water partition coefficient (Wildman–Crippen LogP) is 1.69. The molecule has 0 spiro atoms. The molecule has 3 N–H and O–H groups in total. The molecule has 2 atom stereocenters. The Morgan fingerprint density at radius 2 is 1.95 bits per heavy atom. The molecule has 0 aliphatic heterocycles. The summed E-state index contributed by atoms with van der Waals surface area (Å²) >= 11 is 0. The van der Waals surface area contributed by atoms with Gasteiger partial charge in [-0.1, -0.05) is 13.8 Å². The maximum atomic E-state index is 9.89. The predicted molar refractivity (Wildman–Crippen MR) is 77.2 cm³/mol. The Bertz CT molecular complexity index is 217. The van der Waals surface area contributed by atoms with Crippen molar-refractivity contribution in [3.8, 4) is 0 Å². The largest absolute Gasteiger partial charge is 0.396 e. The summed E-state index contributed by atoms with van der Waals surface area (Å²) < 4.78 is 5.78. The maximum Gasteiger partial charge on any atom is 0.0897 e. The molecule has 0 radical (unpaired) electrons. The molecule has 1 fully saturated rings. The third-order valence-electron chi connectivity index (χ3n) is 4.10. The van der Waals surface area contributed by atoms with Crippen LogP contribution in [0.4, 0.5) is 0 Å². The van der Waals surface area contributed by atoms with Gasteiger partial charge < -0.3 is 20.3 Å². The quantitative estimate of drug-likeness (QED) is 0.598. The van der Waals surface area contributed by atoms with Crippen molar-refractivity contribution >= 4 is 0 Å². The average Bonchev–Trinajstić information content (AvgIpc) is 2.42. The molecule has 2 unspecified atom stereocenters. The summed E-state index contributed by atoms with van der Waals surface area (Å²) in [6.45, 7) is 5.53. The molecule has 0 saturated heterocycles. The first-order chi connectivity index (χ1) is 9.15. The second kappa shape index (κ2) is 9.70. The van der Waals surface area contributed by atoms with Gasteiger partial charge in [0.1, 0.15) is 0 Å². The Kier molecular flexibility index (Phi) is 8.62. The number of nitrogens with one attached hydrogen (secondary N) is 1. The second-order valence-corrected chi connectivity index (χ2v) is 5.89. The minimum Gasteiger partial charge on any atom is -0.396 e. The first kappa shape index (κ1) is 16.9. The van der Waals surface area contributed by atoms with E-state index < -0.39 is 6.10 Å². The SMILES string of the molecule is CCC(CCO)NCC(O)COC1CCC(C)CC1. The minimum absolute atomic E-state index is 0.193. The number of aliphatic hydroxyl groups excluding tert-OH is 2. The van der Waals surface area contributed by atoms with Crippen molar-refractivity contribution in [1.29, 1.82) is 0 Å². The molecule has 1 aliphatic rings. The Morgan fingerprint density at radius 1 is 1.26 bits per heavy atom. The van der Waals surface area contributed by atoms with E-state index in [1.54, 1.807) is 0 Å². The van der Waals surface area contributed by atoms with Crippen molar-refractivity contribution in [2.24, 2.45) is 5.92 Å². The molecule has 0 aromatic heterocycles. The van der Waals surface area contributed by atoms with Crippen molar-refractivity contribution in [3.05, 3.63) is 0 Å². The van der Waals surface area contributed by atoms with E-state index in [9.17, 15) is 5.11 Å². The maximum absolute atomic E-state index is 9.89. The first-order valence-corrected chi connectivity index (χ1v) is 7.79. The van der Waals surface area contributed by atoms with Crippen LogP contribution in [0, 0.1) is 5.92 Å². The summed E-state index contributed by atoms with van der Waals surface area (Å²) in [5, 5.41) is 22.1. The van der Waals surface area contributed by atoms with Crippen LogP contribution < -0.4 is 5.32 Å². The smallest absolute Gasteiger partial charge is 0.0897 e. The molecular formula is C15H31NO3. The highest BCUT2D eigenvalue weighted by atomic mass is 16.5. The summed E-state index contributed by atoms with van der Waals surface area (Å²) in [5.41, 5.74) is 0. The van der Waals surface area contributed by atoms with Gasteiger partial charge in [-0.15, -0.1) is 0 Å². The number of aliphatic hydroxyl groups is 2. The van der Waals surface area contributed by atoms with E-state index in [1.165, 1.54) is 12.8 Å². The van der Waals surface area contributed by atoms with E-state index in [0.717, 1.165) is 31.6 Å². The van der Waals surface area contributed by atoms with E-state index in [4.69, 9.17) is 9.84 Å². The highest BCUT2D eigenvalue weighted by Crippen LogP contribution is 2.25. The van der Waals surface area contributed by atoms with Crippen LogP contribution >= 0.6 is 0 Å². The van der Waals surface area contributed by atoms with Crippen LogP contribution in [0.15, 0.2) is 0 Å². The number of ether oxygens (including phenoxy) is 1. The fourth-order valence-corrected chi connectivity index (χ4v) is 2.61. The molecule has 0 aromatic carbocycles. The normalized spacial score (nSPS) is 27.2. The van der Waals surface area contributed by atoms with Crippen LogP contribution in [-0.2, 0) is 4.74 Å². The van der Waals surface area contributed by atoms with Gasteiger partial charge in [0.05, 0.1) is 18.8 Å². The zero-order chi connectivity index (χ0) is 14.1. The van der Waals surface area contributed by atoms with Gasteiger partial charge in [-0.3, -0.25) is 0 Å². The molecule has 114 valence electrons. The van der Waals surface area contributed by atoms with Gasteiger partial charge in [-0.25, -0.2) is 0 Å². The monoisotopic (exact) mass is 273 g/mol. The fraction of sp³-hybridized carbons (Fsp3) is 1.00. The molecule has 0 bridgehead atoms. The highest BCUT2D eigenvalue weighted by Gasteiger charge is 2.19. The van der Waals surface area contributed by atoms with Gasteiger partial charge >= 0.3 is 0 Å². The third-order valence-corrected chi connectivity index (χ3v) is 4.10. The summed E-state index contributed by atoms with van der Waals surface area (Å²) in [5.74, 6) is 0.829. The Balaban J connectivity index is 2.08.